The molecule has 0 aliphatic carbocycles. The van der Waals surface area contributed by atoms with Gasteiger partial charge in [-0.2, -0.15) is 0 Å². The molecule has 2 aromatic heterocycles. The topological polar surface area (TPSA) is 63.5 Å². The van der Waals surface area contributed by atoms with Gasteiger partial charge in [-0.25, -0.2) is 13.4 Å². The van der Waals surface area contributed by atoms with Crippen molar-refractivity contribution in [3.63, 3.8) is 0 Å². The summed E-state index contributed by atoms with van der Waals surface area (Å²) in [6, 6.07) is 20.0. The summed E-state index contributed by atoms with van der Waals surface area (Å²) in [6.07, 6.45) is 1.96. The van der Waals surface area contributed by atoms with Crippen LogP contribution in [0.1, 0.15) is 11.3 Å². The number of benzene rings is 2. The fourth-order valence-corrected chi connectivity index (χ4v) is 4.18. The van der Waals surface area contributed by atoms with Gasteiger partial charge in [0.15, 0.2) is 0 Å². The normalized spacial score (nSPS) is 11.6. The second kappa shape index (κ2) is 6.55. The number of rotatable bonds is 4. The third-order valence-corrected chi connectivity index (χ3v) is 5.79. The Balaban J connectivity index is 1.69. The van der Waals surface area contributed by atoms with E-state index in [4.69, 9.17) is 0 Å². The van der Waals surface area contributed by atoms with Gasteiger partial charge in [-0.1, -0.05) is 30.3 Å². The minimum Gasteiger partial charge on any atom is -0.304 e. The van der Waals surface area contributed by atoms with Crippen molar-refractivity contribution < 1.29 is 8.42 Å². The van der Waals surface area contributed by atoms with Gasteiger partial charge in [0.25, 0.3) is 10.0 Å². The maximum absolute atomic E-state index is 12.7. The first-order valence-electron chi connectivity index (χ1n) is 8.57. The molecule has 27 heavy (non-hydrogen) atoms. The standard InChI is InChI=1S/C21H19N3O2S/c1-15-6-3-10-19(12-15)27(25,26)23-18-9-5-8-17(13-18)20-14-24-16(2)7-4-11-21(24)22-20/h3-14,23H,1-2H3. The van der Waals surface area contributed by atoms with E-state index in [1.165, 1.54) is 0 Å². The first-order valence-corrected chi connectivity index (χ1v) is 10.1. The number of imidazole rings is 1. The van der Waals surface area contributed by atoms with Crippen LogP contribution in [-0.2, 0) is 10.0 Å². The van der Waals surface area contributed by atoms with Crippen LogP contribution in [0.25, 0.3) is 16.9 Å². The Morgan fingerprint density at radius 3 is 2.48 bits per heavy atom. The van der Waals surface area contributed by atoms with Gasteiger partial charge in [0.1, 0.15) is 5.65 Å². The summed E-state index contributed by atoms with van der Waals surface area (Å²) < 4.78 is 30.0. The molecule has 0 aliphatic heterocycles. The lowest BCUT2D eigenvalue weighted by Gasteiger charge is -2.09. The molecule has 0 atom stereocenters. The lowest BCUT2D eigenvalue weighted by molar-refractivity contribution is 0.601. The molecule has 1 N–H and O–H groups in total. The first kappa shape index (κ1) is 17.3. The third-order valence-electron chi connectivity index (χ3n) is 4.41. The van der Waals surface area contributed by atoms with Gasteiger partial charge in [0.2, 0.25) is 0 Å². The Bertz CT molecular complexity index is 1240. The molecule has 0 bridgehead atoms. The smallest absolute Gasteiger partial charge is 0.261 e. The molecular formula is C21H19N3O2S. The van der Waals surface area contributed by atoms with Crippen molar-refractivity contribution in [2.45, 2.75) is 18.7 Å². The summed E-state index contributed by atoms with van der Waals surface area (Å²) in [7, 11) is -3.64. The number of nitrogens with zero attached hydrogens (tertiary/aromatic N) is 2. The van der Waals surface area contributed by atoms with Crippen molar-refractivity contribution in [1.82, 2.24) is 9.38 Å². The molecule has 136 valence electrons. The van der Waals surface area contributed by atoms with Crippen LogP contribution in [0, 0.1) is 13.8 Å². The lowest BCUT2D eigenvalue weighted by Crippen LogP contribution is -2.13. The average Bonchev–Trinajstić information content (AvgIpc) is 3.07. The van der Waals surface area contributed by atoms with E-state index in [-0.39, 0.29) is 4.90 Å². The number of nitrogens with one attached hydrogen (secondary N) is 1. The van der Waals surface area contributed by atoms with Crippen LogP contribution in [0.5, 0.6) is 0 Å². The van der Waals surface area contributed by atoms with E-state index in [2.05, 4.69) is 9.71 Å². The number of anilines is 1. The summed E-state index contributed by atoms with van der Waals surface area (Å²) in [5.74, 6) is 0. The van der Waals surface area contributed by atoms with Crippen molar-refractivity contribution >= 4 is 21.4 Å². The molecule has 0 saturated heterocycles. The van der Waals surface area contributed by atoms with Crippen LogP contribution in [-0.4, -0.2) is 17.8 Å². The Morgan fingerprint density at radius 2 is 1.70 bits per heavy atom. The molecule has 2 aromatic carbocycles. The van der Waals surface area contributed by atoms with E-state index >= 15 is 0 Å². The van der Waals surface area contributed by atoms with E-state index in [0.717, 1.165) is 28.2 Å². The van der Waals surface area contributed by atoms with Gasteiger partial charge < -0.3 is 4.40 Å². The molecule has 0 radical (unpaired) electrons. The van der Waals surface area contributed by atoms with Gasteiger partial charge >= 0.3 is 0 Å². The second-order valence-electron chi connectivity index (χ2n) is 6.52. The first-order chi connectivity index (χ1) is 12.9. The minimum absolute atomic E-state index is 0.247. The monoisotopic (exact) mass is 377 g/mol. The predicted molar refractivity (Wildman–Crippen MR) is 107 cm³/mol. The zero-order chi connectivity index (χ0) is 19.0. The van der Waals surface area contributed by atoms with Gasteiger partial charge in [-0.05, 0) is 55.8 Å². The van der Waals surface area contributed by atoms with Crippen molar-refractivity contribution in [3.8, 4) is 11.3 Å². The van der Waals surface area contributed by atoms with Gasteiger partial charge in [0, 0.05) is 23.1 Å². The maximum Gasteiger partial charge on any atom is 0.261 e. The zero-order valence-electron chi connectivity index (χ0n) is 15.0. The minimum atomic E-state index is -3.64. The highest BCUT2D eigenvalue weighted by molar-refractivity contribution is 7.92. The van der Waals surface area contributed by atoms with Crippen molar-refractivity contribution in [1.29, 1.82) is 0 Å². The van der Waals surface area contributed by atoms with Crippen LogP contribution < -0.4 is 4.72 Å². The largest absolute Gasteiger partial charge is 0.304 e. The molecule has 0 aliphatic rings. The van der Waals surface area contributed by atoms with Gasteiger partial charge in [0.05, 0.1) is 10.6 Å². The fraction of sp³-hybridized carbons (Fsp3) is 0.0952. The Hall–Kier alpha value is -3.12. The van der Waals surface area contributed by atoms with E-state index in [1.54, 1.807) is 30.3 Å². The molecule has 0 saturated carbocycles. The molecule has 5 nitrogen and oxygen atoms in total. The molecule has 6 heteroatoms. The highest BCUT2D eigenvalue weighted by Gasteiger charge is 2.15. The predicted octanol–water partition coefficient (Wildman–Crippen LogP) is 4.42. The van der Waals surface area contributed by atoms with Crippen molar-refractivity contribution in [2.24, 2.45) is 0 Å². The fourth-order valence-electron chi connectivity index (χ4n) is 3.03. The van der Waals surface area contributed by atoms with Crippen molar-refractivity contribution in [2.75, 3.05) is 4.72 Å². The molecule has 4 rings (SSSR count). The third kappa shape index (κ3) is 3.44. The average molecular weight is 377 g/mol. The van der Waals surface area contributed by atoms with Gasteiger partial charge in [-0.15, -0.1) is 0 Å². The summed E-state index contributed by atoms with van der Waals surface area (Å²) in [5, 5.41) is 0. The number of fused-ring (bicyclic) bond motifs is 1. The van der Waals surface area contributed by atoms with Crippen molar-refractivity contribution in [3.05, 3.63) is 84.2 Å². The summed E-state index contributed by atoms with van der Waals surface area (Å²) in [6.45, 7) is 3.88. The molecule has 0 fully saturated rings. The molecule has 0 unspecified atom stereocenters. The van der Waals surface area contributed by atoms with E-state index in [9.17, 15) is 8.42 Å². The van der Waals surface area contributed by atoms with E-state index in [1.807, 2.05) is 60.8 Å². The van der Waals surface area contributed by atoms with E-state index < -0.39 is 10.0 Å². The second-order valence-corrected chi connectivity index (χ2v) is 8.21. The number of hydrogen-bond donors (Lipinski definition) is 1. The highest BCUT2D eigenvalue weighted by atomic mass is 32.2. The zero-order valence-corrected chi connectivity index (χ0v) is 15.9. The molecule has 2 heterocycles. The van der Waals surface area contributed by atoms with Crippen LogP contribution in [0.15, 0.2) is 77.8 Å². The maximum atomic E-state index is 12.7. The SMILES string of the molecule is Cc1cccc(S(=O)(=O)Nc2cccc(-c3cn4c(C)cccc4n3)c2)c1. The van der Waals surface area contributed by atoms with Crippen LogP contribution >= 0.6 is 0 Å². The molecular weight excluding hydrogens is 358 g/mol. The number of pyridine rings is 1. The Labute approximate surface area is 158 Å². The summed E-state index contributed by atoms with van der Waals surface area (Å²) >= 11 is 0. The lowest BCUT2D eigenvalue weighted by atomic mass is 10.1. The van der Waals surface area contributed by atoms with Crippen LogP contribution in [0.4, 0.5) is 5.69 Å². The number of hydrogen-bond acceptors (Lipinski definition) is 3. The van der Waals surface area contributed by atoms with Crippen LogP contribution in [0.2, 0.25) is 0 Å². The Kier molecular flexibility index (Phi) is 4.20. The summed E-state index contributed by atoms with van der Waals surface area (Å²) in [4.78, 5) is 4.88. The molecule has 0 spiro atoms. The molecule has 0 amide bonds. The quantitative estimate of drug-likeness (QED) is 0.573. The van der Waals surface area contributed by atoms with E-state index in [0.29, 0.717) is 5.69 Å². The number of aryl methyl sites for hydroxylation is 2. The van der Waals surface area contributed by atoms with Crippen LogP contribution in [0.3, 0.4) is 0 Å². The Morgan fingerprint density at radius 1 is 0.926 bits per heavy atom. The highest BCUT2D eigenvalue weighted by Crippen LogP contribution is 2.25. The summed E-state index contributed by atoms with van der Waals surface area (Å²) in [5.41, 5.74) is 4.98. The number of aromatic nitrogens is 2. The number of sulfonamides is 1. The molecule has 4 aromatic rings. The van der Waals surface area contributed by atoms with Gasteiger partial charge in [-0.3, -0.25) is 4.72 Å².